The fraction of sp³-hybridized carbons (Fsp3) is 1.00. The molecule has 1 rings (SSSR count). The zero-order valence-electron chi connectivity index (χ0n) is 10.8. The van der Waals surface area contributed by atoms with Crippen LogP contribution in [0, 0.1) is 5.92 Å². The Labute approximate surface area is 104 Å². The number of rotatable bonds is 8. The molecule has 0 aromatic heterocycles. The minimum absolute atomic E-state index is 0.222. The van der Waals surface area contributed by atoms with E-state index in [0.717, 1.165) is 32.8 Å². The number of sulfone groups is 1. The van der Waals surface area contributed by atoms with E-state index in [-0.39, 0.29) is 5.75 Å². The minimum atomic E-state index is -2.83. The van der Waals surface area contributed by atoms with Gasteiger partial charge >= 0.3 is 0 Å². The molecule has 17 heavy (non-hydrogen) atoms. The first kappa shape index (κ1) is 14.9. The van der Waals surface area contributed by atoms with E-state index in [9.17, 15) is 8.42 Å². The van der Waals surface area contributed by atoms with Gasteiger partial charge < -0.3 is 15.0 Å². The Morgan fingerprint density at radius 1 is 1.41 bits per heavy atom. The number of nitrogens with one attached hydrogen (secondary N) is 1. The fourth-order valence-electron chi connectivity index (χ4n) is 2.11. The third-order valence-corrected chi connectivity index (χ3v) is 3.97. The second kappa shape index (κ2) is 7.31. The molecule has 0 aromatic carbocycles. The highest BCUT2D eigenvalue weighted by atomic mass is 32.2. The lowest BCUT2D eigenvalue weighted by Gasteiger charge is -2.16. The van der Waals surface area contributed by atoms with Crippen molar-refractivity contribution in [3.05, 3.63) is 0 Å². The first-order valence-electron chi connectivity index (χ1n) is 6.11. The van der Waals surface area contributed by atoms with E-state index in [1.165, 1.54) is 12.7 Å². The number of methoxy groups -OCH3 is 1. The Balaban J connectivity index is 2.01. The number of hydrogen-bond acceptors (Lipinski definition) is 5. The molecule has 1 heterocycles. The van der Waals surface area contributed by atoms with Gasteiger partial charge in [-0.05, 0) is 18.9 Å². The van der Waals surface area contributed by atoms with Gasteiger partial charge in [-0.15, -0.1) is 0 Å². The Morgan fingerprint density at radius 2 is 2.18 bits per heavy atom. The lowest BCUT2D eigenvalue weighted by molar-refractivity contribution is 0.153. The van der Waals surface area contributed by atoms with Crippen molar-refractivity contribution in [1.82, 2.24) is 10.2 Å². The molecule has 6 heteroatoms. The zero-order chi connectivity index (χ0) is 12.7. The van der Waals surface area contributed by atoms with Crippen LogP contribution in [0.4, 0.5) is 0 Å². The van der Waals surface area contributed by atoms with E-state index in [0.29, 0.717) is 12.5 Å². The Kier molecular flexibility index (Phi) is 6.40. The van der Waals surface area contributed by atoms with Gasteiger partial charge in [-0.1, -0.05) is 0 Å². The molecule has 1 unspecified atom stereocenters. The average molecular weight is 264 g/mol. The molecule has 0 saturated carbocycles. The third kappa shape index (κ3) is 6.98. The van der Waals surface area contributed by atoms with Crippen molar-refractivity contribution in [1.29, 1.82) is 0 Å². The van der Waals surface area contributed by atoms with Crippen molar-refractivity contribution in [3.8, 4) is 0 Å². The standard InChI is InChI=1S/C11H24N2O3S/c1-16-10-11-3-6-13(9-11)7-4-12-5-8-17(2,14)15/h11-12H,3-10H2,1-2H3. The Morgan fingerprint density at radius 3 is 2.82 bits per heavy atom. The molecule has 1 aliphatic heterocycles. The maximum absolute atomic E-state index is 10.9. The van der Waals surface area contributed by atoms with Crippen LogP contribution in [-0.2, 0) is 14.6 Å². The summed E-state index contributed by atoms with van der Waals surface area (Å²) >= 11 is 0. The Bertz CT molecular complexity index is 306. The first-order valence-corrected chi connectivity index (χ1v) is 8.17. The van der Waals surface area contributed by atoms with Crippen LogP contribution in [0.15, 0.2) is 0 Å². The molecule has 102 valence electrons. The summed E-state index contributed by atoms with van der Waals surface area (Å²) in [6.07, 6.45) is 2.47. The number of hydrogen-bond donors (Lipinski definition) is 1. The van der Waals surface area contributed by atoms with Crippen LogP contribution in [0.1, 0.15) is 6.42 Å². The van der Waals surface area contributed by atoms with Crippen LogP contribution < -0.4 is 5.32 Å². The summed E-state index contributed by atoms with van der Waals surface area (Å²) in [5, 5.41) is 3.16. The van der Waals surface area contributed by atoms with Gasteiger partial charge in [0.25, 0.3) is 0 Å². The van der Waals surface area contributed by atoms with Crippen molar-refractivity contribution in [2.45, 2.75) is 6.42 Å². The summed E-state index contributed by atoms with van der Waals surface area (Å²) in [6, 6.07) is 0. The SMILES string of the molecule is COCC1CCN(CCNCCS(C)(=O)=O)C1. The average Bonchev–Trinajstić information content (AvgIpc) is 2.64. The van der Waals surface area contributed by atoms with Crippen LogP contribution in [-0.4, -0.2) is 71.8 Å². The van der Waals surface area contributed by atoms with Gasteiger partial charge in [-0.3, -0.25) is 0 Å². The quantitative estimate of drug-likeness (QED) is 0.604. The maximum Gasteiger partial charge on any atom is 0.148 e. The Hall–Kier alpha value is -0.170. The van der Waals surface area contributed by atoms with Gasteiger partial charge in [0.2, 0.25) is 0 Å². The molecule has 0 aromatic rings. The molecule has 5 nitrogen and oxygen atoms in total. The maximum atomic E-state index is 10.9. The molecule has 1 fully saturated rings. The van der Waals surface area contributed by atoms with E-state index in [4.69, 9.17) is 4.74 Å². The van der Waals surface area contributed by atoms with Crippen LogP contribution in [0.3, 0.4) is 0 Å². The third-order valence-electron chi connectivity index (χ3n) is 3.03. The predicted molar refractivity (Wildman–Crippen MR) is 69.0 cm³/mol. The summed E-state index contributed by atoms with van der Waals surface area (Å²) in [6.45, 7) is 5.47. The van der Waals surface area contributed by atoms with Crippen LogP contribution >= 0.6 is 0 Å². The molecule has 0 aliphatic carbocycles. The highest BCUT2D eigenvalue weighted by Gasteiger charge is 2.21. The van der Waals surface area contributed by atoms with Crippen molar-refractivity contribution in [3.63, 3.8) is 0 Å². The minimum Gasteiger partial charge on any atom is -0.384 e. The van der Waals surface area contributed by atoms with E-state index in [1.54, 1.807) is 7.11 Å². The van der Waals surface area contributed by atoms with Crippen molar-refractivity contribution < 1.29 is 13.2 Å². The molecule has 1 aliphatic rings. The zero-order valence-corrected chi connectivity index (χ0v) is 11.6. The largest absolute Gasteiger partial charge is 0.384 e. The monoisotopic (exact) mass is 264 g/mol. The van der Waals surface area contributed by atoms with Crippen LogP contribution in [0.25, 0.3) is 0 Å². The highest BCUT2D eigenvalue weighted by molar-refractivity contribution is 7.90. The van der Waals surface area contributed by atoms with Gasteiger partial charge in [-0.2, -0.15) is 0 Å². The normalized spacial score (nSPS) is 22.1. The summed E-state index contributed by atoms with van der Waals surface area (Å²) in [7, 11) is -1.09. The summed E-state index contributed by atoms with van der Waals surface area (Å²) in [5.74, 6) is 0.885. The molecule has 0 spiro atoms. The molecule has 1 N–H and O–H groups in total. The van der Waals surface area contributed by atoms with E-state index in [2.05, 4.69) is 10.2 Å². The topological polar surface area (TPSA) is 58.6 Å². The van der Waals surface area contributed by atoms with Gasteiger partial charge in [0.1, 0.15) is 9.84 Å². The van der Waals surface area contributed by atoms with Crippen molar-refractivity contribution in [2.75, 3.05) is 58.4 Å². The fourth-order valence-corrected chi connectivity index (χ4v) is 2.62. The molecule has 0 bridgehead atoms. The molecular formula is C11H24N2O3S. The molecule has 1 saturated heterocycles. The van der Waals surface area contributed by atoms with E-state index in [1.807, 2.05) is 0 Å². The summed E-state index contributed by atoms with van der Waals surface area (Å²) < 4.78 is 26.9. The van der Waals surface area contributed by atoms with Crippen molar-refractivity contribution in [2.24, 2.45) is 5.92 Å². The van der Waals surface area contributed by atoms with Gasteiger partial charge in [0.05, 0.1) is 12.4 Å². The molecule has 0 radical (unpaired) electrons. The summed E-state index contributed by atoms with van der Waals surface area (Å²) in [5.41, 5.74) is 0. The van der Waals surface area contributed by atoms with Crippen LogP contribution in [0.2, 0.25) is 0 Å². The highest BCUT2D eigenvalue weighted by Crippen LogP contribution is 2.15. The smallest absolute Gasteiger partial charge is 0.148 e. The van der Waals surface area contributed by atoms with Gasteiger partial charge in [0, 0.05) is 39.5 Å². The van der Waals surface area contributed by atoms with Gasteiger partial charge in [-0.25, -0.2) is 8.42 Å². The number of ether oxygens (including phenoxy) is 1. The predicted octanol–water partition coefficient (Wildman–Crippen LogP) is -0.411. The molecule has 0 amide bonds. The lowest BCUT2D eigenvalue weighted by atomic mass is 10.1. The van der Waals surface area contributed by atoms with Gasteiger partial charge in [0.15, 0.2) is 0 Å². The molecule has 1 atom stereocenters. The number of likely N-dealkylation sites (tertiary alicyclic amines) is 1. The second-order valence-electron chi connectivity index (χ2n) is 4.79. The molecular weight excluding hydrogens is 240 g/mol. The lowest BCUT2D eigenvalue weighted by Crippen LogP contribution is -2.33. The van der Waals surface area contributed by atoms with Crippen molar-refractivity contribution >= 4 is 9.84 Å². The summed E-state index contributed by atoms with van der Waals surface area (Å²) in [4.78, 5) is 2.40. The van der Waals surface area contributed by atoms with E-state index < -0.39 is 9.84 Å². The van der Waals surface area contributed by atoms with E-state index >= 15 is 0 Å². The number of nitrogens with zero attached hydrogens (tertiary/aromatic N) is 1. The van der Waals surface area contributed by atoms with Crippen LogP contribution in [0.5, 0.6) is 0 Å². The second-order valence-corrected chi connectivity index (χ2v) is 7.05. The first-order chi connectivity index (χ1) is 8.01.